The number of aromatic nitrogens is 1. The van der Waals surface area contributed by atoms with E-state index in [4.69, 9.17) is 4.98 Å². The zero-order chi connectivity index (χ0) is 27.1. The number of nitrogens with zero attached hydrogens (tertiary/aromatic N) is 2. The molecule has 1 saturated heterocycles. The van der Waals surface area contributed by atoms with E-state index in [0.717, 1.165) is 38.8 Å². The molecular weight excluding hydrogens is 500 g/mol. The second kappa shape index (κ2) is 10.2. The van der Waals surface area contributed by atoms with Crippen molar-refractivity contribution in [2.45, 2.75) is 82.8 Å². The zero-order valence-electron chi connectivity index (χ0n) is 22.7. The largest absolute Gasteiger partial charge is 0.393 e. The lowest BCUT2D eigenvalue weighted by atomic mass is 9.93. The number of nitrogens with one attached hydrogen (secondary N) is 2. The quantitative estimate of drug-likeness (QED) is 0.460. The van der Waals surface area contributed by atoms with Crippen LogP contribution in [0, 0.1) is 10.8 Å². The predicted octanol–water partition coefficient (Wildman–Crippen LogP) is 4.86. The number of amides is 1. The fourth-order valence-corrected chi connectivity index (χ4v) is 7.63. The van der Waals surface area contributed by atoms with Gasteiger partial charge in [-0.05, 0) is 86.1 Å². The van der Waals surface area contributed by atoms with Gasteiger partial charge >= 0.3 is 0 Å². The van der Waals surface area contributed by atoms with Gasteiger partial charge in [0.05, 0.1) is 22.3 Å². The fraction of sp³-hybridized carbons (Fsp3) is 0.586. The first-order valence-electron chi connectivity index (χ1n) is 13.8. The summed E-state index contributed by atoms with van der Waals surface area (Å²) in [6.07, 6.45) is 6.89. The van der Waals surface area contributed by atoms with E-state index in [9.17, 15) is 18.3 Å². The van der Waals surface area contributed by atoms with Crippen LogP contribution in [0.4, 0.5) is 17.3 Å². The van der Waals surface area contributed by atoms with Gasteiger partial charge in [-0.1, -0.05) is 26.8 Å². The van der Waals surface area contributed by atoms with Crippen molar-refractivity contribution in [1.29, 1.82) is 0 Å². The maximum absolute atomic E-state index is 13.5. The molecule has 3 aliphatic rings. The van der Waals surface area contributed by atoms with Crippen LogP contribution in [0.25, 0.3) is 0 Å². The number of hydrogen-bond acceptors (Lipinski definition) is 7. The van der Waals surface area contributed by atoms with E-state index in [1.165, 1.54) is 18.9 Å². The number of aliphatic hydroxyl groups excluding tert-OH is 1. The minimum absolute atomic E-state index is 0.0222. The van der Waals surface area contributed by atoms with Crippen LogP contribution in [-0.4, -0.2) is 55.4 Å². The molecule has 206 valence electrons. The van der Waals surface area contributed by atoms with Gasteiger partial charge in [0.25, 0.3) is 5.91 Å². The molecule has 2 aromatic rings. The molecule has 3 fully saturated rings. The van der Waals surface area contributed by atoms with Crippen molar-refractivity contribution in [3.63, 3.8) is 0 Å². The Morgan fingerprint density at radius 3 is 2.47 bits per heavy atom. The van der Waals surface area contributed by atoms with Crippen molar-refractivity contribution >= 4 is 33.1 Å². The molecule has 3 N–H and O–H groups in total. The summed E-state index contributed by atoms with van der Waals surface area (Å²) >= 11 is 0. The molecule has 0 unspecified atom stereocenters. The van der Waals surface area contributed by atoms with E-state index in [0.29, 0.717) is 34.7 Å². The average Bonchev–Trinajstić information content (AvgIpc) is 3.47. The summed E-state index contributed by atoms with van der Waals surface area (Å²) in [5.41, 5.74) is 1.03. The normalized spacial score (nSPS) is 22.9. The SMILES string of the molecule is CC(C)(C)CS(=O)(=O)c1cccc(NC(=O)c2ccc(N[C@@H]3CC[C@H](O)C3)nc2N2CCC3(CC2)CC3)c1. The van der Waals surface area contributed by atoms with Gasteiger partial charge in [0.15, 0.2) is 9.84 Å². The van der Waals surface area contributed by atoms with Crippen molar-refractivity contribution in [2.24, 2.45) is 10.8 Å². The number of anilines is 3. The second-order valence-electron chi connectivity index (χ2n) is 12.7. The number of carbonyl (C=O) groups is 1. The van der Waals surface area contributed by atoms with Crippen molar-refractivity contribution in [2.75, 3.05) is 34.4 Å². The van der Waals surface area contributed by atoms with Crippen LogP contribution in [0.15, 0.2) is 41.3 Å². The molecule has 5 rings (SSSR count). The van der Waals surface area contributed by atoms with E-state index in [-0.39, 0.29) is 34.1 Å². The summed E-state index contributed by atoms with van der Waals surface area (Å²) in [7, 11) is -3.49. The lowest BCUT2D eigenvalue weighted by molar-refractivity contribution is 0.102. The maximum atomic E-state index is 13.5. The van der Waals surface area contributed by atoms with Crippen molar-refractivity contribution in [1.82, 2.24) is 4.98 Å². The fourth-order valence-electron chi connectivity index (χ4n) is 5.73. The number of piperidine rings is 1. The Labute approximate surface area is 226 Å². The van der Waals surface area contributed by atoms with Crippen molar-refractivity contribution < 1.29 is 18.3 Å². The maximum Gasteiger partial charge on any atom is 0.259 e. The highest BCUT2D eigenvalue weighted by Gasteiger charge is 2.45. The third-order valence-corrected chi connectivity index (χ3v) is 10.2. The van der Waals surface area contributed by atoms with Gasteiger partial charge in [-0.25, -0.2) is 13.4 Å². The lowest BCUT2D eigenvalue weighted by Crippen LogP contribution is -2.36. The highest BCUT2D eigenvalue weighted by Crippen LogP contribution is 2.54. The van der Waals surface area contributed by atoms with Crippen LogP contribution in [0.5, 0.6) is 0 Å². The number of pyridine rings is 1. The summed E-state index contributed by atoms with van der Waals surface area (Å²) in [6, 6.07) is 10.3. The predicted molar refractivity (Wildman–Crippen MR) is 151 cm³/mol. The number of hydrogen-bond donors (Lipinski definition) is 3. The monoisotopic (exact) mass is 540 g/mol. The number of aliphatic hydroxyl groups is 1. The Morgan fingerprint density at radius 1 is 1.11 bits per heavy atom. The summed E-state index contributed by atoms with van der Waals surface area (Å²) in [6.45, 7) is 7.40. The minimum Gasteiger partial charge on any atom is -0.393 e. The number of sulfone groups is 1. The molecule has 8 nitrogen and oxygen atoms in total. The summed E-state index contributed by atoms with van der Waals surface area (Å²) < 4.78 is 25.8. The van der Waals surface area contributed by atoms with E-state index in [1.807, 2.05) is 26.8 Å². The Bertz CT molecular complexity index is 1290. The van der Waals surface area contributed by atoms with E-state index in [2.05, 4.69) is 15.5 Å². The van der Waals surface area contributed by atoms with Crippen molar-refractivity contribution in [3.05, 3.63) is 42.0 Å². The third-order valence-electron chi connectivity index (χ3n) is 8.03. The van der Waals surface area contributed by atoms with Crippen LogP contribution in [0.3, 0.4) is 0 Å². The van der Waals surface area contributed by atoms with Crippen LogP contribution in [-0.2, 0) is 9.84 Å². The van der Waals surface area contributed by atoms with Crippen LogP contribution < -0.4 is 15.5 Å². The van der Waals surface area contributed by atoms with Gasteiger partial charge in [-0.2, -0.15) is 0 Å². The highest BCUT2D eigenvalue weighted by atomic mass is 32.2. The molecule has 2 aliphatic carbocycles. The molecular formula is C29H40N4O4S. The van der Waals surface area contributed by atoms with Gasteiger partial charge in [0, 0.05) is 24.8 Å². The molecule has 0 radical (unpaired) electrons. The smallest absolute Gasteiger partial charge is 0.259 e. The lowest BCUT2D eigenvalue weighted by Gasteiger charge is -2.34. The number of carbonyl (C=O) groups excluding carboxylic acids is 1. The second-order valence-corrected chi connectivity index (χ2v) is 14.7. The Morgan fingerprint density at radius 2 is 1.84 bits per heavy atom. The molecule has 38 heavy (non-hydrogen) atoms. The first kappa shape index (κ1) is 26.9. The molecule has 1 spiro atoms. The molecule has 9 heteroatoms. The molecule has 2 heterocycles. The van der Waals surface area contributed by atoms with Gasteiger partial charge in [0.1, 0.15) is 11.6 Å². The van der Waals surface area contributed by atoms with Gasteiger partial charge < -0.3 is 20.6 Å². The first-order chi connectivity index (χ1) is 17.9. The number of rotatable bonds is 7. The Balaban J connectivity index is 1.38. The number of benzene rings is 1. The Kier molecular flexibility index (Phi) is 7.20. The highest BCUT2D eigenvalue weighted by molar-refractivity contribution is 7.91. The van der Waals surface area contributed by atoms with E-state index >= 15 is 0 Å². The van der Waals surface area contributed by atoms with E-state index in [1.54, 1.807) is 24.3 Å². The Hall–Kier alpha value is -2.65. The molecule has 0 bridgehead atoms. The average molecular weight is 541 g/mol. The standard InChI is InChI=1S/C29H40N4O4S/c1-28(2,3)19-38(36,37)23-6-4-5-20(18-23)31-27(35)24-9-10-25(30-21-7-8-22(34)17-21)32-26(24)33-15-13-29(11-12-29)14-16-33/h4-6,9-10,18,21-22,34H,7-8,11-17,19H2,1-3H3,(H,30,32)(H,31,35)/t21-,22+/m1/s1. The molecule has 1 amide bonds. The topological polar surface area (TPSA) is 112 Å². The van der Waals surface area contributed by atoms with Gasteiger partial charge in [0.2, 0.25) is 0 Å². The van der Waals surface area contributed by atoms with Gasteiger partial charge in [-0.15, -0.1) is 0 Å². The third kappa shape index (κ3) is 6.31. The summed E-state index contributed by atoms with van der Waals surface area (Å²) in [5, 5.41) is 16.3. The van der Waals surface area contributed by atoms with E-state index < -0.39 is 9.84 Å². The summed E-state index contributed by atoms with van der Waals surface area (Å²) in [4.78, 5) is 20.8. The molecule has 1 aromatic carbocycles. The van der Waals surface area contributed by atoms with Crippen molar-refractivity contribution in [3.8, 4) is 0 Å². The molecule has 2 atom stereocenters. The molecule has 1 aliphatic heterocycles. The van der Waals surface area contributed by atoms with Gasteiger partial charge in [-0.3, -0.25) is 4.79 Å². The van der Waals surface area contributed by atoms with Crippen LogP contribution >= 0.6 is 0 Å². The van der Waals surface area contributed by atoms with Crippen LogP contribution in [0.1, 0.15) is 76.1 Å². The van der Waals surface area contributed by atoms with Crippen LogP contribution in [0.2, 0.25) is 0 Å². The molecule has 1 aromatic heterocycles. The minimum atomic E-state index is -3.49. The zero-order valence-corrected chi connectivity index (χ0v) is 23.5. The molecule has 2 saturated carbocycles. The summed E-state index contributed by atoms with van der Waals surface area (Å²) in [5.74, 6) is 1.07. The first-order valence-corrected chi connectivity index (χ1v) is 15.4.